The Kier molecular flexibility index (Phi) is 7.16. The third-order valence-corrected chi connectivity index (χ3v) is 4.15. The summed E-state index contributed by atoms with van der Waals surface area (Å²) >= 11 is 0. The minimum Gasteiger partial charge on any atom is -0.459 e. The number of carbonyl (C=O) groups is 3. The number of amides is 2. The smallest absolute Gasteiger partial charge is 0.338 e. The Labute approximate surface area is 158 Å². The fourth-order valence-corrected chi connectivity index (χ4v) is 2.45. The molecule has 0 fully saturated rings. The molecule has 7 heteroatoms. The van der Waals surface area contributed by atoms with Gasteiger partial charge in [-0.3, -0.25) is 9.59 Å². The summed E-state index contributed by atoms with van der Waals surface area (Å²) in [5.74, 6) is -1.22. The lowest BCUT2D eigenvalue weighted by atomic mass is 10.1. The first-order chi connectivity index (χ1) is 12.9. The minimum atomic E-state index is -0.636. The minimum absolute atomic E-state index is 0.0685. The maximum absolute atomic E-state index is 12.2. The molecule has 0 aliphatic heterocycles. The molecule has 2 rings (SSSR count). The van der Waals surface area contributed by atoms with Crippen LogP contribution in [-0.4, -0.2) is 30.4 Å². The highest BCUT2D eigenvalue weighted by Gasteiger charge is 2.15. The van der Waals surface area contributed by atoms with Gasteiger partial charge in [-0.05, 0) is 49.6 Å². The summed E-state index contributed by atoms with van der Waals surface area (Å²) in [6.45, 7) is 5.41. The van der Waals surface area contributed by atoms with Crippen molar-refractivity contribution in [3.63, 3.8) is 0 Å². The summed E-state index contributed by atoms with van der Waals surface area (Å²) < 4.78 is 10.1. The first-order valence-corrected chi connectivity index (χ1v) is 8.86. The third kappa shape index (κ3) is 5.70. The van der Waals surface area contributed by atoms with E-state index < -0.39 is 11.9 Å². The van der Waals surface area contributed by atoms with Gasteiger partial charge < -0.3 is 19.8 Å². The molecule has 2 aromatic rings. The van der Waals surface area contributed by atoms with Crippen LogP contribution >= 0.6 is 0 Å². The molecule has 0 aliphatic carbocycles. The topological polar surface area (TPSA) is 97.6 Å². The van der Waals surface area contributed by atoms with E-state index in [1.807, 2.05) is 13.8 Å². The van der Waals surface area contributed by atoms with Crippen molar-refractivity contribution in [2.75, 3.05) is 11.9 Å². The van der Waals surface area contributed by atoms with Crippen LogP contribution in [0.15, 0.2) is 41.0 Å². The van der Waals surface area contributed by atoms with Crippen molar-refractivity contribution in [1.29, 1.82) is 0 Å². The molecular weight excluding hydrogens is 348 g/mol. The molecule has 1 heterocycles. The number of rotatable bonds is 8. The van der Waals surface area contributed by atoms with Gasteiger partial charge in [0.1, 0.15) is 0 Å². The second kappa shape index (κ2) is 9.56. The highest BCUT2D eigenvalue weighted by Crippen LogP contribution is 2.19. The Morgan fingerprint density at radius 2 is 1.89 bits per heavy atom. The largest absolute Gasteiger partial charge is 0.459 e. The molecule has 0 aliphatic rings. The maximum Gasteiger partial charge on any atom is 0.338 e. The molecule has 0 spiro atoms. The van der Waals surface area contributed by atoms with Gasteiger partial charge in [-0.15, -0.1) is 0 Å². The number of carbonyl (C=O) groups excluding carboxylic acids is 3. The van der Waals surface area contributed by atoms with Crippen LogP contribution in [0.1, 0.15) is 53.2 Å². The predicted molar refractivity (Wildman–Crippen MR) is 101 cm³/mol. The number of hydrogen-bond acceptors (Lipinski definition) is 5. The van der Waals surface area contributed by atoms with E-state index in [-0.39, 0.29) is 29.9 Å². The average molecular weight is 372 g/mol. The van der Waals surface area contributed by atoms with Crippen LogP contribution in [0.5, 0.6) is 0 Å². The number of benzene rings is 1. The lowest BCUT2D eigenvalue weighted by Crippen LogP contribution is -2.36. The summed E-state index contributed by atoms with van der Waals surface area (Å²) in [4.78, 5) is 36.2. The van der Waals surface area contributed by atoms with Gasteiger partial charge in [-0.25, -0.2) is 4.79 Å². The van der Waals surface area contributed by atoms with Crippen LogP contribution < -0.4 is 10.6 Å². The summed E-state index contributed by atoms with van der Waals surface area (Å²) in [6, 6.07) is 8.01. The quantitative estimate of drug-likeness (QED) is 0.693. The van der Waals surface area contributed by atoms with Gasteiger partial charge in [0.15, 0.2) is 12.4 Å². The molecule has 0 atom stereocenters. The third-order valence-electron chi connectivity index (χ3n) is 4.15. The predicted octanol–water partition coefficient (Wildman–Crippen LogP) is 3.30. The van der Waals surface area contributed by atoms with Gasteiger partial charge in [-0.2, -0.15) is 0 Å². The molecule has 0 unspecified atom stereocenters. The maximum atomic E-state index is 12.2. The van der Waals surface area contributed by atoms with E-state index in [9.17, 15) is 14.4 Å². The molecule has 1 aromatic heterocycles. The zero-order valence-corrected chi connectivity index (χ0v) is 15.7. The molecule has 0 saturated carbocycles. The molecule has 2 N–H and O–H groups in total. The molecule has 1 aromatic carbocycles. The molecular formula is C20H24N2O5. The van der Waals surface area contributed by atoms with Gasteiger partial charge in [0.2, 0.25) is 0 Å². The van der Waals surface area contributed by atoms with Crippen molar-refractivity contribution < 1.29 is 23.5 Å². The lowest BCUT2D eigenvalue weighted by molar-refractivity contribution is -0.125. The number of furan rings is 1. The van der Waals surface area contributed by atoms with Crippen LogP contribution in [0.4, 0.5) is 5.69 Å². The van der Waals surface area contributed by atoms with E-state index in [2.05, 4.69) is 10.6 Å². The molecule has 7 nitrogen and oxygen atoms in total. The van der Waals surface area contributed by atoms with Crippen LogP contribution in [0.3, 0.4) is 0 Å². The summed E-state index contributed by atoms with van der Waals surface area (Å²) in [5, 5.41) is 5.50. The van der Waals surface area contributed by atoms with Crippen molar-refractivity contribution in [2.45, 2.75) is 39.7 Å². The van der Waals surface area contributed by atoms with E-state index in [1.165, 1.54) is 12.3 Å². The summed E-state index contributed by atoms with van der Waals surface area (Å²) in [7, 11) is 0. The highest BCUT2D eigenvalue weighted by atomic mass is 16.5. The number of nitrogens with one attached hydrogen (secondary N) is 2. The van der Waals surface area contributed by atoms with Crippen molar-refractivity contribution in [1.82, 2.24) is 5.32 Å². The van der Waals surface area contributed by atoms with Crippen LogP contribution in [0.2, 0.25) is 0 Å². The zero-order valence-electron chi connectivity index (χ0n) is 15.7. The summed E-state index contributed by atoms with van der Waals surface area (Å²) in [6.07, 6.45) is 3.03. The highest BCUT2D eigenvalue weighted by molar-refractivity contribution is 6.03. The SMILES string of the molecule is CCC(CC)NC(=O)COC(=O)c1ccc(C)c(NC(=O)c2ccco2)c1. The Morgan fingerprint density at radius 1 is 1.15 bits per heavy atom. The molecule has 2 amide bonds. The molecule has 0 bridgehead atoms. The van der Waals surface area contributed by atoms with E-state index in [4.69, 9.17) is 9.15 Å². The van der Waals surface area contributed by atoms with Crippen LogP contribution in [0, 0.1) is 6.92 Å². The van der Waals surface area contributed by atoms with Gasteiger partial charge in [0.05, 0.1) is 11.8 Å². The van der Waals surface area contributed by atoms with Crippen molar-refractivity contribution >= 4 is 23.5 Å². The zero-order chi connectivity index (χ0) is 19.8. The summed E-state index contributed by atoms with van der Waals surface area (Å²) in [5.41, 5.74) is 1.48. The number of ether oxygens (including phenoxy) is 1. The fraction of sp³-hybridized carbons (Fsp3) is 0.350. The second-order valence-corrected chi connectivity index (χ2v) is 6.12. The number of anilines is 1. The van der Waals surface area contributed by atoms with E-state index in [0.717, 1.165) is 18.4 Å². The van der Waals surface area contributed by atoms with Crippen molar-refractivity contribution in [2.24, 2.45) is 0 Å². The van der Waals surface area contributed by atoms with Crippen LogP contribution in [-0.2, 0) is 9.53 Å². The van der Waals surface area contributed by atoms with E-state index >= 15 is 0 Å². The van der Waals surface area contributed by atoms with Crippen LogP contribution in [0.25, 0.3) is 0 Å². The fourth-order valence-electron chi connectivity index (χ4n) is 2.45. The first-order valence-electron chi connectivity index (χ1n) is 8.86. The Balaban J connectivity index is 1.98. The van der Waals surface area contributed by atoms with Gasteiger partial charge in [0, 0.05) is 11.7 Å². The standard InChI is InChI=1S/C20H24N2O5/c1-4-15(5-2)21-18(23)12-27-20(25)14-9-8-13(3)16(11-14)22-19(24)17-7-6-10-26-17/h6-11,15H,4-5,12H2,1-3H3,(H,21,23)(H,22,24). The normalized spacial score (nSPS) is 10.5. The number of esters is 1. The molecule has 0 radical (unpaired) electrons. The second-order valence-electron chi connectivity index (χ2n) is 6.12. The molecule has 27 heavy (non-hydrogen) atoms. The van der Waals surface area contributed by atoms with E-state index in [1.54, 1.807) is 31.2 Å². The van der Waals surface area contributed by atoms with Gasteiger partial charge >= 0.3 is 5.97 Å². The lowest BCUT2D eigenvalue weighted by Gasteiger charge is -2.14. The molecule has 0 saturated heterocycles. The van der Waals surface area contributed by atoms with E-state index in [0.29, 0.717) is 5.69 Å². The average Bonchev–Trinajstić information content (AvgIpc) is 3.20. The first kappa shape index (κ1) is 20.2. The van der Waals surface area contributed by atoms with Crippen molar-refractivity contribution in [3.05, 3.63) is 53.5 Å². The number of aryl methyl sites for hydroxylation is 1. The van der Waals surface area contributed by atoms with Gasteiger partial charge in [0.25, 0.3) is 11.8 Å². The number of hydrogen-bond donors (Lipinski definition) is 2. The Bertz CT molecular complexity index is 795. The Hall–Kier alpha value is -3.09. The Morgan fingerprint density at radius 3 is 2.52 bits per heavy atom. The molecule has 144 valence electrons. The monoisotopic (exact) mass is 372 g/mol. The van der Waals surface area contributed by atoms with Gasteiger partial charge in [-0.1, -0.05) is 19.9 Å². The van der Waals surface area contributed by atoms with Crippen molar-refractivity contribution in [3.8, 4) is 0 Å².